The van der Waals surface area contributed by atoms with Gasteiger partial charge in [0.15, 0.2) is 0 Å². The monoisotopic (exact) mass is 161 g/mol. The average molecular weight is 161 g/mol. The summed E-state index contributed by atoms with van der Waals surface area (Å²) in [6.07, 6.45) is 1.13. The lowest BCUT2D eigenvalue weighted by molar-refractivity contribution is 0.0130. The maximum atomic E-state index is 12.5. The van der Waals surface area contributed by atoms with Crippen molar-refractivity contribution in [2.24, 2.45) is 0 Å². The highest BCUT2D eigenvalue weighted by Gasteiger charge is 2.28. The van der Waals surface area contributed by atoms with E-state index in [0.29, 0.717) is 6.92 Å². The standard InChI is InChI=1S/C7H6F3N/c1-7(9,10)5-3-2-4-11-6(5)8/h2-4H,1H3. The van der Waals surface area contributed by atoms with Crippen molar-refractivity contribution < 1.29 is 13.2 Å². The van der Waals surface area contributed by atoms with Gasteiger partial charge in [0.2, 0.25) is 5.95 Å². The number of halogens is 3. The molecule has 0 aliphatic carbocycles. The molecule has 0 spiro atoms. The fourth-order valence-corrected chi connectivity index (χ4v) is 0.713. The molecule has 0 saturated heterocycles. The topological polar surface area (TPSA) is 12.9 Å². The van der Waals surface area contributed by atoms with Crippen LogP contribution in [-0.4, -0.2) is 4.98 Å². The summed E-state index contributed by atoms with van der Waals surface area (Å²) >= 11 is 0. The molecular formula is C7H6F3N. The van der Waals surface area contributed by atoms with E-state index in [-0.39, 0.29) is 0 Å². The Morgan fingerprint density at radius 3 is 2.45 bits per heavy atom. The molecule has 1 rings (SSSR count). The molecule has 0 aliphatic heterocycles. The van der Waals surface area contributed by atoms with Crippen LogP contribution in [0.1, 0.15) is 12.5 Å². The Morgan fingerprint density at radius 2 is 2.09 bits per heavy atom. The normalized spacial score (nSPS) is 11.6. The Bertz CT molecular complexity index is 254. The summed E-state index contributed by atoms with van der Waals surface area (Å²) < 4.78 is 37.4. The average Bonchev–Trinajstić information content (AvgIpc) is 1.86. The molecule has 60 valence electrons. The molecule has 0 fully saturated rings. The molecule has 11 heavy (non-hydrogen) atoms. The van der Waals surface area contributed by atoms with Crippen LogP contribution in [0.25, 0.3) is 0 Å². The molecule has 0 radical (unpaired) electrons. The van der Waals surface area contributed by atoms with E-state index in [9.17, 15) is 13.2 Å². The number of nitrogens with zero attached hydrogens (tertiary/aromatic N) is 1. The molecule has 1 aromatic heterocycles. The van der Waals surface area contributed by atoms with Crippen molar-refractivity contribution in [2.75, 3.05) is 0 Å². The van der Waals surface area contributed by atoms with Crippen molar-refractivity contribution in [2.45, 2.75) is 12.8 Å². The number of hydrogen-bond donors (Lipinski definition) is 0. The van der Waals surface area contributed by atoms with Crippen LogP contribution in [0.4, 0.5) is 13.2 Å². The maximum Gasteiger partial charge on any atom is 0.274 e. The molecule has 0 N–H and O–H groups in total. The Morgan fingerprint density at radius 1 is 1.45 bits per heavy atom. The van der Waals surface area contributed by atoms with Crippen LogP contribution in [0.5, 0.6) is 0 Å². The SMILES string of the molecule is CC(F)(F)c1cccnc1F. The van der Waals surface area contributed by atoms with E-state index in [0.717, 1.165) is 12.3 Å². The summed E-state index contributed by atoms with van der Waals surface area (Å²) in [6, 6.07) is 2.29. The Labute approximate surface area is 61.9 Å². The quantitative estimate of drug-likeness (QED) is 0.576. The van der Waals surface area contributed by atoms with Crippen LogP contribution >= 0.6 is 0 Å². The van der Waals surface area contributed by atoms with E-state index in [1.807, 2.05) is 0 Å². The Hall–Kier alpha value is -1.06. The summed E-state index contributed by atoms with van der Waals surface area (Å²) in [6.45, 7) is 0.632. The fourth-order valence-electron chi connectivity index (χ4n) is 0.713. The molecule has 0 aromatic carbocycles. The van der Waals surface area contributed by atoms with Gasteiger partial charge in [0, 0.05) is 13.1 Å². The molecule has 0 bridgehead atoms. The summed E-state index contributed by atoms with van der Waals surface area (Å²) in [5, 5.41) is 0. The van der Waals surface area contributed by atoms with Gasteiger partial charge in [-0.25, -0.2) is 13.8 Å². The predicted molar refractivity (Wildman–Crippen MR) is 33.8 cm³/mol. The van der Waals surface area contributed by atoms with Crippen LogP contribution < -0.4 is 0 Å². The summed E-state index contributed by atoms with van der Waals surface area (Å²) in [5.41, 5.74) is -0.667. The molecule has 0 unspecified atom stereocenters. The number of alkyl halides is 2. The lowest BCUT2D eigenvalue weighted by Gasteiger charge is -2.09. The van der Waals surface area contributed by atoms with E-state index in [1.165, 1.54) is 6.07 Å². The summed E-state index contributed by atoms with van der Waals surface area (Å²) in [5.74, 6) is -4.27. The number of pyridine rings is 1. The van der Waals surface area contributed by atoms with Gasteiger partial charge in [-0.3, -0.25) is 0 Å². The molecule has 0 aliphatic rings. The van der Waals surface area contributed by atoms with Crippen LogP contribution in [0, 0.1) is 5.95 Å². The zero-order chi connectivity index (χ0) is 8.48. The predicted octanol–water partition coefficient (Wildman–Crippen LogP) is 2.33. The van der Waals surface area contributed by atoms with E-state index in [2.05, 4.69) is 4.98 Å². The molecule has 1 aromatic rings. The first-order valence-corrected chi connectivity index (χ1v) is 3.00. The highest BCUT2D eigenvalue weighted by molar-refractivity contribution is 5.15. The number of hydrogen-bond acceptors (Lipinski definition) is 1. The largest absolute Gasteiger partial charge is 0.274 e. The lowest BCUT2D eigenvalue weighted by atomic mass is 10.2. The minimum absolute atomic E-state index is 0.632. The third kappa shape index (κ3) is 1.69. The first kappa shape index (κ1) is 8.04. The van der Waals surface area contributed by atoms with Crippen LogP contribution in [0.2, 0.25) is 0 Å². The van der Waals surface area contributed by atoms with Crippen molar-refractivity contribution >= 4 is 0 Å². The summed E-state index contributed by atoms with van der Waals surface area (Å²) in [4.78, 5) is 3.10. The van der Waals surface area contributed by atoms with Gasteiger partial charge < -0.3 is 0 Å². The first-order valence-electron chi connectivity index (χ1n) is 3.00. The van der Waals surface area contributed by atoms with Gasteiger partial charge in [0.1, 0.15) is 0 Å². The van der Waals surface area contributed by atoms with E-state index < -0.39 is 17.4 Å². The third-order valence-corrected chi connectivity index (χ3v) is 1.23. The zero-order valence-corrected chi connectivity index (χ0v) is 5.81. The van der Waals surface area contributed by atoms with Crippen LogP contribution in [0.15, 0.2) is 18.3 Å². The molecule has 0 atom stereocenters. The van der Waals surface area contributed by atoms with Crippen molar-refractivity contribution in [1.82, 2.24) is 4.98 Å². The van der Waals surface area contributed by atoms with Gasteiger partial charge in [0.05, 0.1) is 5.56 Å². The van der Waals surface area contributed by atoms with E-state index in [4.69, 9.17) is 0 Å². The molecule has 1 nitrogen and oxygen atoms in total. The van der Waals surface area contributed by atoms with Gasteiger partial charge >= 0.3 is 0 Å². The Balaban J connectivity index is 3.14. The second kappa shape index (κ2) is 2.53. The van der Waals surface area contributed by atoms with Crippen molar-refractivity contribution in [3.63, 3.8) is 0 Å². The number of aromatic nitrogens is 1. The van der Waals surface area contributed by atoms with Gasteiger partial charge in [-0.05, 0) is 12.1 Å². The second-order valence-corrected chi connectivity index (χ2v) is 2.23. The van der Waals surface area contributed by atoms with Crippen LogP contribution in [0.3, 0.4) is 0 Å². The van der Waals surface area contributed by atoms with Gasteiger partial charge in [-0.15, -0.1) is 0 Å². The van der Waals surface area contributed by atoms with E-state index >= 15 is 0 Å². The molecule has 4 heteroatoms. The van der Waals surface area contributed by atoms with Crippen molar-refractivity contribution in [1.29, 1.82) is 0 Å². The van der Waals surface area contributed by atoms with Gasteiger partial charge in [-0.2, -0.15) is 4.39 Å². The minimum atomic E-state index is -3.15. The molecule has 1 heterocycles. The highest BCUT2D eigenvalue weighted by atomic mass is 19.3. The van der Waals surface area contributed by atoms with Crippen molar-refractivity contribution in [3.8, 4) is 0 Å². The smallest absolute Gasteiger partial charge is 0.228 e. The molecule has 0 amide bonds. The van der Waals surface area contributed by atoms with Gasteiger partial charge in [0.25, 0.3) is 5.92 Å². The zero-order valence-electron chi connectivity index (χ0n) is 5.81. The maximum absolute atomic E-state index is 12.5. The first-order chi connectivity index (χ1) is 5.02. The van der Waals surface area contributed by atoms with Gasteiger partial charge in [-0.1, -0.05) is 0 Å². The highest BCUT2D eigenvalue weighted by Crippen LogP contribution is 2.27. The number of rotatable bonds is 1. The van der Waals surface area contributed by atoms with E-state index in [1.54, 1.807) is 0 Å². The summed E-state index contributed by atoms with van der Waals surface area (Å²) in [7, 11) is 0. The third-order valence-electron chi connectivity index (χ3n) is 1.23. The molecular weight excluding hydrogens is 155 g/mol. The second-order valence-electron chi connectivity index (χ2n) is 2.23. The lowest BCUT2D eigenvalue weighted by Crippen LogP contribution is -2.10. The van der Waals surface area contributed by atoms with Crippen molar-refractivity contribution in [3.05, 3.63) is 29.8 Å². The van der Waals surface area contributed by atoms with Crippen LogP contribution in [-0.2, 0) is 5.92 Å². The Kier molecular flexibility index (Phi) is 1.85. The molecule has 0 saturated carbocycles. The minimum Gasteiger partial charge on any atom is -0.228 e. The fraction of sp³-hybridized carbons (Fsp3) is 0.286.